The number of aryl methyl sites for hydroxylation is 1. The molecular formula is C25H31IN2O2. The number of ether oxygens (including phenoxy) is 1. The monoisotopic (exact) mass is 518 g/mol. The Labute approximate surface area is 195 Å². The summed E-state index contributed by atoms with van der Waals surface area (Å²) < 4.78 is 7.20. The average Bonchev–Trinajstić information content (AvgIpc) is 2.71. The van der Waals surface area contributed by atoms with Crippen molar-refractivity contribution in [3.63, 3.8) is 0 Å². The number of hydrogen-bond donors (Lipinski definition) is 1. The number of aromatic amines is 1. The number of fused-ring (bicyclic) bond motifs is 1. The van der Waals surface area contributed by atoms with Crippen LogP contribution in [0.2, 0.25) is 0 Å². The third-order valence-electron chi connectivity index (χ3n) is 6.37. The van der Waals surface area contributed by atoms with Crippen molar-refractivity contribution >= 4 is 10.9 Å². The highest BCUT2D eigenvalue weighted by Gasteiger charge is 2.30. The van der Waals surface area contributed by atoms with E-state index in [0.29, 0.717) is 12.5 Å². The van der Waals surface area contributed by atoms with E-state index in [1.807, 2.05) is 24.3 Å². The fraction of sp³-hybridized carbons (Fsp3) is 0.400. The van der Waals surface area contributed by atoms with E-state index < -0.39 is 0 Å². The van der Waals surface area contributed by atoms with Gasteiger partial charge in [0.2, 0.25) is 5.56 Å². The number of H-pyrrole nitrogens is 1. The number of aromatic nitrogens is 1. The Morgan fingerprint density at radius 2 is 1.83 bits per heavy atom. The lowest BCUT2D eigenvalue weighted by atomic mass is 9.87. The average molecular weight is 518 g/mol. The maximum atomic E-state index is 11.5. The Bertz CT molecular complexity index is 1040. The van der Waals surface area contributed by atoms with E-state index in [4.69, 9.17) is 4.74 Å². The highest BCUT2D eigenvalue weighted by atomic mass is 127. The maximum Gasteiger partial charge on any atom is 0.248 e. The molecular weight excluding hydrogens is 487 g/mol. The summed E-state index contributed by atoms with van der Waals surface area (Å²) in [4.78, 5) is 14.4. The summed E-state index contributed by atoms with van der Waals surface area (Å²) in [5.41, 5.74) is 3.61. The molecule has 4 rings (SSSR count). The molecule has 5 heteroatoms. The Balaban J connectivity index is 0.00000256. The van der Waals surface area contributed by atoms with Crippen LogP contribution in [0.3, 0.4) is 0 Å². The summed E-state index contributed by atoms with van der Waals surface area (Å²) in [6, 6.07) is 18.2. The lowest BCUT2D eigenvalue weighted by molar-refractivity contribution is -0.914. The lowest BCUT2D eigenvalue weighted by Gasteiger charge is -2.41. The second kappa shape index (κ2) is 9.96. The van der Waals surface area contributed by atoms with Gasteiger partial charge in [-0.1, -0.05) is 35.9 Å². The number of nitrogens with one attached hydrogen (secondary N) is 1. The van der Waals surface area contributed by atoms with Gasteiger partial charge in [-0.15, -0.1) is 0 Å². The van der Waals surface area contributed by atoms with E-state index in [9.17, 15) is 4.79 Å². The van der Waals surface area contributed by atoms with Gasteiger partial charge in [0.05, 0.1) is 38.8 Å². The van der Waals surface area contributed by atoms with Crippen LogP contribution >= 0.6 is 0 Å². The molecule has 3 aromatic rings. The Hall–Kier alpha value is -1.86. The zero-order valence-electron chi connectivity index (χ0n) is 17.9. The van der Waals surface area contributed by atoms with Crippen molar-refractivity contribution in [1.29, 1.82) is 0 Å². The summed E-state index contributed by atoms with van der Waals surface area (Å²) in [7, 11) is 2.38. The first-order chi connectivity index (χ1) is 14.0. The SMILES string of the molecule is Cc1cccc(C2CC[N+](C)(CCCOc3cccc4[nH]c(=O)ccc34)CC2)c1.[I-]. The second-order valence-electron chi connectivity index (χ2n) is 8.72. The van der Waals surface area contributed by atoms with Crippen molar-refractivity contribution in [2.24, 2.45) is 0 Å². The summed E-state index contributed by atoms with van der Waals surface area (Å²) in [5, 5.41) is 0.964. The summed E-state index contributed by atoms with van der Waals surface area (Å²) >= 11 is 0. The molecule has 0 saturated carbocycles. The molecule has 1 fully saturated rings. The molecule has 1 aromatic heterocycles. The van der Waals surface area contributed by atoms with Gasteiger partial charge in [0, 0.05) is 30.7 Å². The van der Waals surface area contributed by atoms with E-state index in [1.165, 1.54) is 37.1 Å². The van der Waals surface area contributed by atoms with Gasteiger partial charge in [0.1, 0.15) is 5.75 Å². The smallest absolute Gasteiger partial charge is 0.248 e. The van der Waals surface area contributed by atoms with Crippen molar-refractivity contribution in [3.05, 3.63) is 76.1 Å². The Morgan fingerprint density at radius 1 is 1.07 bits per heavy atom. The van der Waals surface area contributed by atoms with E-state index in [0.717, 1.165) is 34.1 Å². The Morgan fingerprint density at radius 3 is 2.60 bits per heavy atom. The van der Waals surface area contributed by atoms with Gasteiger partial charge in [0.15, 0.2) is 0 Å². The van der Waals surface area contributed by atoms with Crippen LogP contribution in [0.15, 0.2) is 59.4 Å². The quantitative estimate of drug-likeness (QED) is 0.307. The fourth-order valence-electron chi connectivity index (χ4n) is 4.58. The topological polar surface area (TPSA) is 42.1 Å². The van der Waals surface area contributed by atoms with Crippen LogP contribution in [0.1, 0.15) is 36.3 Å². The number of quaternary nitrogens is 1. The van der Waals surface area contributed by atoms with Crippen LogP contribution in [-0.2, 0) is 0 Å². The predicted molar refractivity (Wildman–Crippen MR) is 119 cm³/mol. The first-order valence-electron chi connectivity index (χ1n) is 10.7. The number of likely N-dealkylation sites (tertiary alicyclic amines) is 1. The molecule has 0 unspecified atom stereocenters. The summed E-state index contributed by atoms with van der Waals surface area (Å²) in [5.74, 6) is 1.55. The minimum absolute atomic E-state index is 0. The molecule has 160 valence electrons. The molecule has 0 radical (unpaired) electrons. The van der Waals surface area contributed by atoms with Crippen molar-refractivity contribution in [2.45, 2.75) is 32.1 Å². The molecule has 30 heavy (non-hydrogen) atoms. The van der Waals surface area contributed by atoms with Crippen LogP contribution < -0.4 is 34.3 Å². The van der Waals surface area contributed by atoms with Crippen LogP contribution in [0.25, 0.3) is 10.9 Å². The molecule has 1 aliphatic rings. The van der Waals surface area contributed by atoms with E-state index >= 15 is 0 Å². The molecule has 0 aliphatic carbocycles. The van der Waals surface area contributed by atoms with Gasteiger partial charge in [0.25, 0.3) is 0 Å². The zero-order chi connectivity index (χ0) is 20.3. The van der Waals surface area contributed by atoms with Crippen molar-refractivity contribution < 1.29 is 33.2 Å². The number of nitrogens with zero attached hydrogens (tertiary/aromatic N) is 1. The largest absolute Gasteiger partial charge is 1.00 e. The number of halogens is 1. The fourth-order valence-corrected chi connectivity index (χ4v) is 4.58. The van der Waals surface area contributed by atoms with E-state index in [-0.39, 0.29) is 29.5 Å². The molecule has 1 N–H and O–H groups in total. The number of hydrogen-bond acceptors (Lipinski definition) is 2. The first-order valence-corrected chi connectivity index (χ1v) is 10.7. The number of piperidine rings is 1. The summed E-state index contributed by atoms with van der Waals surface area (Å²) in [6.07, 6.45) is 3.56. The standard InChI is InChI=1S/C25H30N2O2.HI/c1-19-6-3-7-21(18-19)20-12-15-27(2,16-13-20)14-5-17-29-24-9-4-8-23-22(24)10-11-25(28)26-23;/h3-4,6-11,18,20H,5,12-17H2,1-2H3;1H. The van der Waals surface area contributed by atoms with Gasteiger partial charge in [-0.25, -0.2) is 0 Å². The number of rotatable bonds is 6. The van der Waals surface area contributed by atoms with Crippen LogP contribution in [0.4, 0.5) is 0 Å². The molecule has 4 nitrogen and oxygen atoms in total. The predicted octanol–water partition coefficient (Wildman–Crippen LogP) is 1.63. The van der Waals surface area contributed by atoms with E-state index in [1.54, 1.807) is 6.07 Å². The molecule has 0 amide bonds. The van der Waals surface area contributed by atoms with Gasteiger partial charge in [-0.05, 0) is 36.6 Å². The van der Waals surface area contributed by atoms with Gasteiger partial charge >= 0.3 is 0 Å². The maximum absolute atomic E-state index is 11.5. The van der Waals surface area contributed by atoms with Crippen molar-refractivity contribution in [3.8, 4) is 5.75 Å². The lowest BCUT2D eigenvalue weighted by Crippen LogP contribution is -3.00. The summed E-state index contributed by atoms with van der Waals surface area (Å²) in [6.45, 7) is 6.48. The first kappa shape index (κ1) is 22.8. The molecule has 1 saturated heterocycles. The number of pyridine rings is 1. The molecule has 2 heterocycles. The highest BCUT2D eigenvalue weighted by Crippen LogP contribution is 2.31. The highest BCUT2D eigenvalue weighted by molar-refractivity contribution is 5.84. The Kier molecular flexibility index (Phi) is 7.58. The molecule has 1 aliphatic heterocycles. The van der Waals surface area contributed by atoms with Gasteiger partial charge < -0.3 is 38.2 Å². The molecule has 0 bridgehead atoms. The minimum Gasteiger partial charge on any atom is -1.00 e. The zero-order valence-corrected chi connectivity index (χ0v) is 20.0. The third-order valence-corrected chi connectivity index (χ3v) is 6.37. The minimum atomic E-state index is -0.0823. The van der Waals surface area contributed by atoms with Gasteiger partial charge in [-0.3, -0.25) is 4.79 Å². The molecule has 0 atom stereocenters. The second-order valence-corrected chi connectivity index (χ2v) is 8.72. The molecule has 0 spiro atoms. The van der Waals surface area contributed by atoms with Crippen LogP contribution in [-0.4, -0.2) is 42.8 Å². The normalized spacial score (nSPS) is 21.2. The molecule has 2 aromatic carbocycles. The van der Waals surface area contributed by atoms with Gasteiger partial charge in [-0.2, -0.15) is 0 Å². The van der Waals surface area contributed by atoms with E-state index in [2.05, 4.69) is 43.2 Å². The van der Waals surface area contributed by atoms with Crippen LogP contribution in [0.5, 0.6) is 5.75 Å². The van der Waals surface area contributed by atoms with Crippen molar-refractivity contribution in [1.82, 2.24) is 4.98 Å². The van der Waals surface area contributed by atoms with Crippen molar-refractivity contribution in [2.75, 3.05) is 33.3 Å². The third kappa shape index (κ3) is 5.43. The van der Waals surface area contributed by atoms with Crippen LogP contribution in [0, 0.1) is 6.92 Å². The number of benzene rings is 2.